The molecule has 2 N–H and O–H groups in total. The second-order valence-electron chi connectivity index (χ2n) is 10.6. The van der Waals surface area contributed by atoms with Gasteiger partial charge in [0.25, 0.3) is 0 Å². The molecule has 5 nitrogen and oxygen atoms in total. The molecule has 2 aromatic carbocycles. The maximum Gasteiger partial charge on any atom is 0.122 e. The maximum absolute atomic E-state index is 11.2. The van der Waals surface area contributed by atoms with E-state index in [4.69, 9.17) is 9.47 Å². The number of hydrogen-bond acceptors (Lipinski definition) is 5. The van der Waals surface area contributed by atoms with Crippen molar-refractivity contribution in [1.82, 2.24) is 4.90 Å². The quantitative estimate of drug-likeness (QED) is 0.561. The van der Waals surface area contributed by atoms with Gasteiger partial charge < -0.3 is 19.7 Å². The normalized spacial score (nSPS) is 23.3. The van der Waals surface area contributed by atoms with Gasteiger partial charge >= 0.3 is 0 Å². The summed E-state index contributed by atoms with van der Waals surface area (Å²) in [5.41, 5.74) is 2.11. The number of nitrogens with zero attached hydrogens (tertiary/aromatic N) is 1. The first-order valence-electron chi connectivity index (χ1n) is 12.9. The number of likely N-dealkylation sites (tertiary alicyclic amines) is 1. The predicted molar refractivity (Wildman–Crippen MR) is 135 cm³/mol. The molecule has 0 spiro atoms. The molecule has 1 unspecified atom stereocenters. The third-order valence-corrected chi connectivity index (χ3v) is 7.46. The molecule has 1 saturated heterocycles. The van der Waals surface area contributed by atoms with Crippen molar-refractivity contribution in [3.8, 4) is 11.5 Å². The summed E-state index contributed by atoms with van der Waals surface area (Å²) in [5.74, 6) is 1.68. The maximum atomic E-state index is 11.2. The molecule has 2 aliphatic rings. The zero-order valence-corrected chi connectivity index (χ0v) is 20.9. The lowest BCUT2D eigenvalue weighted by atomic mass is 9.85. The molecule has 0 amide bonds. The molecular formula is C29H41NO4. The number of benzene rings is 2. The Labute approximate surface area is 204 Å². The molecule has 4 rings (SSSR count). The summed E-state index contributed by atoms with van der Waals surface area (Å²) in [4.78, 5) is 2.41. The van der Waals surface area contributed by atoms with Crippen molar-refractivity contribution in [2.75, 3.05) is 26.3 Å². The van der Waals surface area contributed by atoms with Gasteiger partial charge in [-0.3, -0.25) is 4.90 Å². The lowest BCUT2D eigenvalue weighted by Gasteiger charge is -2.31. The van der Waals surface area contributed by atoms with Crippen molar-refractivity contribution in [2.24, 2.45) is 0 Å². The summed E-state index contributed by atoms with van der Waals surface area (Å²) in [6.45, 7) is 7.51. The van der Waals surface area contributed by atoms with E-state index in [1.54, 1.807) is 0 Å². The van der Waals surface area contributed by atoms with Crippen LogP contribution in [0.3, 0.4) is 0 Å². The van der Waals surface area contributed by atoms with Crippen LogP contribution in [0.4, 0.5) is 0 Å². The Bertz CT molecular complexity index is 922. The highest BCUT2D eigenvalue weighted by atomic mass is 16.5. The van der Waals surface area contributed by atoms with Crippen molar-refractivity contribution in [2.45, 2.75) is 83.0 Å². The molecule has 2 aromatic rings. The molecule has 0 bridgehead atoms. The zero-order valence-electron chi connectivity index (χ0n) is 20.9. The number of aryl methyl sites for hydroxylation is 2. The summed E-state index contributed by atoms with van der Waals surface area (Å²) < 4.78 is 11.9. The highest BCUT2D eigenvalue weighted by Crippen LogP contribution is 2.29. The second kappa shape index (κ2) is 11.1. The van der Waals surface area contributed by atoms with E-state index in [1.807, 2.05) is 18.2 Å². The molecule has 34 heavy (non-hydrogen) atoms. The van der Waals surface area contributed by atoms with Gasteiger partial charge in [0.1, 0.15) is 24.7 Å². The van der Waals surface area contributed by atoms with Gasteiger partial charge in [-0.25, -0.2) is 0 Å². The van der Waals surface area contributed by atoms with E-state index in [1.165, 1.54) is 17.5 Å². The molecule has 0 aromatic heterocycles. The van der Waals surface area contributed by atoms with E-state index in [0.717, 1.165) is 75.2 Å². The Kier molecular flexibility index (Phi) is 8.18. The van der Waals surface area contributed by atoms with Gasteiger partial charge in [0.05, 0.1) is 11.2 Å². The number of hydrogen-bond donors (Lipinski definition) is 2. The van der Waals surface area contributed by atoms with Crippen LogP contribution in [-0.4, -0.2) is 52.6 Å². The molecule has 5 heteroatoms. The third-order valence-electron chi connectivity index (χ3n) is 7.46. The van der Waals surface area contributed by atoms with Crippen LogP contribution in [0.2, 0.25) is 0 Å². The Balaban J connectivity index is 1.24. The van der Waals surface area contributed by atoms with Gasteiger partial charge in [0.15, 0.2) is 0 Å². The van der Waals surface area contributed by atoms with Crippen LogP contribution in [0, 0.1) is 13.8 Å². The number of ether oxygens (including phenoxy) is 2. The van der Waals surface area contributed by atoms with E-state index >= 15 is 0 Å². The summed E-state index contributed by atoms with van der Waals surface area (Å²) >= 11 is 0. The van der Waals surface area contributed by atoms with Gasteiger partial charge in [-0.05, 0) is 81.8 Å². The molecule has 1 atom stereocenters. The predicted octanol–water partition coefficient (Wildman–Crippen LogP) is 5.17. The SMILES string of the molecule is Cc1ccc(OCC2(O)CCCN(Cc3ccc(OCC4(O)CCCCC4)cc3)CC2)c(C)c1. The standard InChI is InChI=1S/C29H41NO4/c1-23-7-12-27(24(2)19-23)34-22-29(32)15-6-17-30(18-16-29)20-25-8-10-26(11-9-25)33-21-28(31)13-4-3-5-14-28/h7-12,19,31-32H,3-6,13-18,20-22H2,1-2H3. The molecule has 1 aliphatic carbocycles. The molecule has 1 heterocycles. The molecular weight excluding hydrogens is 426 g/mol. The van der Waals surface area contributed by atoms with Gasteiger partial charge in [0.2, 0.25) is 0 Å². The molecule has 186 valence electrons. The minimum absolute atomic E-state index is 0.336. The second-order valence-corrected chi connectivity index (χ2v) is 10.6. The van der Waals surface area contributed by atoms with Gasteiger partial charge in [-0.2, -0.15) is 0 Å². The fourth-order valence-electron chi connectivity index (χ4n) is 5.23. The lowest BCUT2D eigenvalue weighted by molar-refractivity contribution is -0.0339. The fraction of sp³-hybridized carbons (Fsp3) is 0.586. The van der Waals surface area contributed by atoms with Crippen LogP contribution < -0.4 is 9.47 Å². The lowest BCUT2D eigenvalue weighted by Crippen LogP contribution is -2.37. The van der Waals surface area contributed by atoms with Gasteiger partial charge in [-0.15, -0.1) is 0 Å². The molecule has 2 fully saturated rings. The first kappa shape index (κ1) is 25.0. The van der Waals surface area contributed by atoms with Crippen molar-refractivity contribution in [3.63, 3.8) is 0 Å². The minimum atomic E-state index is -0.789. The molecule has 1 aliphatic heterocycles. The number of rotatable bonds is 8. The third kappa shape index (κ3) is 6.97. The Morgan fingerprint density at radius 1 is 0.765 bits per heavy atom. The van der Waals surface area contributed by atoms with E-state index < -0.39 is 11.2 Å². The first-order chi connectivity index (χ1) is 16.3. The minimum Gasteiger partial charge on any atom is -0.491 e. The van der Waals surface area contributed by atoms with Crippen molar-refractivity contribution in [1.29, 1.82) is 0 Å². The average Bonchev–Trinajstić information content (AvgIpc) is 3.00. The average molecular weight is 468 g/mol. The Hall–Kier alpha value is -2.08. The first-order valence-corrected chi connectivity index (χ1v) is 12.9. The highest BCUT2D eigenvalue weighted by Gasteiger charge is 2.32. The van der Waals surface area contributed by atoms with Crippen molar-refractivity contribution >= 4 is 0 Å². The van der Waals surface area contributed by atoms with Crippen molar-refractivity contribution < 1.29 is 19.7 Å². The molecule has 1 saturated carbocycles. The van der Waals surface area contributed by atoms with Gasteiger partial charge in [0, 0.05) is 13.1 Å². The largest absolute Gasteiger partial charge is 0.491 e. The summed E-state index contributed by atoms with van der Waals surface area (Å²) in [6.07, 6.45) is 7.46. The summed E-state index contributed by atoms with van der Waals surface area (Å²) in [7, 11) is 0. The van der Waals surface area contributed by atoms with Crippen LogP contribution in [0.15, 0.2) is 42.5 Å². The Morgan fingerprint density at radius 3 is 2.18 bits per heavy atom. The fourth-order valence-corrected chi connectivity index (χ4v) is 5.23. The highest BCUT2D eigenvalue weighted by molar-refractivity contribution is 5.35. The van der Waals surface area contributed by atoms with E-state index in [9.17, 15) is 10.2 Å². The van der Waals surface area contributed by atoms with Gasteiger partial charge in [-0.1, -0.05) is 49.1 Å². The topological polar surface area (TPSA) is 62.2 Å². The zero-order chi connectivity index (χ0) is 24.0. The summed E-state index contributed by atoms with van der Waals surface area (Å²) in [5, 5.41) is 21.8. The van der Waals surface area contributed by atoms with E-state index in [0.29, 0.717) is 19.6 Å². The van der Waals surface area contributed by atoms with Crippen LogP contribution >= 0.6 is 0 Å². The Morgan fingerprint density at radius 2 is 1.44 bits per heavy atom. The summed E-state index contributed by atoms with van der Waals surface area (Å²) in [6, 6.07) is 14.4. The monoisotopic (exact) mass is 467 g/mol. The number of aliphatic hydroxyl groups is 2. The van der Waals surface area contributed by atoms with Crippen LogP contribution in [0.25, 0.3) is 0 Å². The van der Waals surface area contributed by atoms with Crippen LogP contribution in [0.1, 0.15) is 68.1 Å². The van der Waals surface area contributed by atoms with Crippen LogP contribution in [0.5, 0.6) is 11.5 Å². The van der Waals surface area contributed by atoms with Crippen LogP contribution in [-0.2, 0) is 6.54 Å². The van der Waals surface area contributed by atoms with E-state index in [-0.39, 0.29) is 0 Å². The molecule has 0 radical (unpaired) electrons. The van der Waals surface area contributed by atoms with Crippen molar-refractivity contribution in [3.05, 3.63) is 59.2 Å². The van der Waals surface area contributed by atoms with E-state index in [2.05, 4.69) is 43.0 Å². The smallest absolute Gasteiger partial charge is 0.122 e.